The number of amides is 1. The summed E-state index contributed by atoms with van der Waals surface area (Å²) >= 11 is 0. The van der Waals surface area contributed by atoms with Gasteiger partial charge in [0.1, 0.15) is 5.82 Å². The standard InChI is InChI=1S/C12H12FNO3/c1-7-2-3-10(9(13)4-7)14-6-8(12(16)17)5-11(14)15/h2-4,8H,5-6H2,1H3,(H,16,17)/t8-/m0/s1. The lowest BCUT2D eigenvalue weighted by Crippen LogP contribution is -2.26. The Morgan fingerprint density at radius 2 is 2.24 bits per heavy atom. The number of carbonyl (C=O) groups is 2. The van der Waals surface area contributed by atoms with Crippen molar-refractivity contribution in [2.45, 2.75) is 13.3 Å². The molecule has 1 N–H and O–H groups in total. The van der Waals surface area contributed by atoms with Crippen LogP contribution in [0.2, 0.25) is 0 Å². The molecule has 4 nitrogen and oxygen atoms in total. The van der Waals surface area contributed by atoms with Crippen LogP contribution < -0.4 is 4.90 Å². The van der Waals surface area contributed by atoms with Crippen LogP contribution in [0.4, 0.5) is 10.1 Å². The first-order valence-corrected chi connectivity index (χ1v) is 5.28. The summed E-state index contributed by atoms with van der Waals surface area (Å²) < 4.78 is 13.7. The van der Waals surface area contributed by atoms with Crippen LogP contribution in [-0.4, -0.2) is 23.5 Å². The maximum absolute atomic E-state index is 13.7. The minimum atomic E-state index is -1.02. The maximum Gasteiger partial charge on any atom is 0.308 e. The monoisotopic (exact) mass is 237 g/mol. The van der Waals surface area contributed by atoms with E-state index in [-0.39, 0.29) is 24.6 Å². The molecule has 1 fully saturated rings. The van der Waals surface area contributed by atoms with Crippen molar-refractivity contribution in [3.05, 3.63) is 29.6 Å². The summed E-state index contributed by atoms with van der Waals surface area (Å²) in [4.78, 5) is 23.6. The Labute approximate surface area is 97.7 Å². The molecule has 1 aliphatic heterocycles. The number of nitrogens with zero attached hydrogens (tertiary/aromatic N) is 1. The largest absolute Gasteiger partial charge is 0.481 e. The number of hydrogen-bond acceptors (Lipinski definition) is 2. The second kappa shape index (κ2) is 4.16. The number of carboxylic acid groups (broad SMARTS) is 1. The summed E-state index contributed by atoms with van der Waals surface area (Å²) in [6.07, 6.45) is -0.0668. The molecule has 1 aliphatic rings. The Morgan fingerprint density at radius 3 is 2.76 bits per heavy atom. The van der Waals surface area contributed by atoms with Crippen LogP contribution in [-0.2, 0) is 9.59 Å². The van der Waals surface area contributed by atoms with Gasteiger partial charge in [-0.05, 0) is 24.6 Å². The fourth-order valence-corrected chi connectivity index (χ4v) is 1.94. The maximum atomic E-state index is 13.7. The molecule has 1 saturated heterocycles. The van der Waals surface area contributed by atoms with Gasteiger partial charge in [0.05, 0.1) is 11.6 Å². The average molecular weight is 237 g/mol. The van der Waals surface area contributed by atoms with Gasteiger partial charge in [0, 0.05) is 13.0 Å². The van der Waals surface area contributed by atoms with Crippen LogP contribution in [0.15, 0.2) is 18.2 Å². The molecule has 5 heteroatoms. The third-order valence-corrected chi connectivity index (χ3v) is 2.87. The van der Waals surface area contributed by atoms with E-state index in [2.05, 4.69) is 0 Å². The van der Waals surface area contributed by atoms with Crippen LogP contribution in [0.1, 0.15) is 12.0 Å². The molecule has 0 aliphatic carbocycles. The van der Waals surface area contributed by atoms with Crippen LogP contribution in [0.25, 0.3) is 0 Å². The van der Waals surface area contributed by atoms with Gasteiger partial charge in [-0.25, -0.2) is 4.39 Å². The lowest BCUT2D eigenvalue weighted by Gasteiger charge is -2.17. The van der Waals surface area contributed by atoms with Crippen molar-refractivity contribution < 1.29 is 19.1 Å². The Bertz CT molecular complexity index is 487. The number of halogens is 1. The van der Waals surface area contributed by atoms with Gasteiger partial charge in [-0.2, -0.15) is 0 Å². The molecule has 1 amide bonds. The van der Waals surface area contributed by atoms with Gasteiger partial charge < -0.3 is 10.0 Å². The van der Waals surface area contributed by atoms with Gasteiger partial charge in [-0.15, -0.1) is 0 Å². The smallest absolute Gasteiger partial charge is 0.308 e. The molecular formula is C12H12FNO3. The number of aryl methyl sites for hydroxylation is 1. The molecular weight excluding hydrogens is 225 g/mol. The van der Waals surface area contributed by atoms with E-state index in [9.17, 15) is 14.0 Å². The van der Waals surface area contributed by atoms with Crippen molar-refractivity contribution in [3.8, 4) is 0 Å². The summed E-state index contributed by atoms with van der Waals surface area (Å²) in [6.45, 7) is 1.78. The zero-order chi connectivity index (χ0) is 12.6. The molecule has 1 aromatic carbocycles. The zero-order valence-corrected chi connectivity index (χ0v) is 9.31. The summed E-state index contributed by atoms with van der Waals surface area (Å²) in [5.74, 6) is -2.61. The van der Waals surface area contributed by atoms with E-state index in [1.165, 1.54) is 17.0 Å². The molecule has 0 bridgehead atoms. The highest BCUT2D eigenvalue weighted by Gasteiger charge is 2.35. The summed E-state index contributed by atoms with van der Waals surface area (Å²) in [7, 11) is 0. The lowest BCUT2D eigenvalue weighted by molar-refractivity contribution is -0.141. The van der Waals surface area contributed by atoms with E-state index in [1.807, 2.05) is 0 Å². The number of benzene rings is 1. The molecule has 1 aromatic rings. The molecule has 0 spiro atoms. The van der Waals surface area contributed by atoms with E-state index < -0.39 is 17.7 Å². The van der Waals surface area contributed by atoms with Crippen LogP contribution in [0.3, 0.4) is 0 Å². The van der Waals surface area contributed by atoms with E-state index in [0.29, 0.717) is 0 Å². The number of rotatable bonds is 2. The van der Waals surface area contributed by atoms with Crippen LogP contribution in [0.5, 0.6) is 0 Å². The Kier molecular flexibility index (Phi) is 2.83. The van der Waals surface area contributed by atoms with Crippen molar-refractivity contribution in [1.82, 2.24) is 0 Å². The fourth-order valence-electron chi connectivity index (χ4n) is 1.94. The van der Waals surface area contributed by atoms with E-state index >= 15 is 0 Å². The molecule has 1 heterocycles. The van der Waals surface area contributed by atoms with Gasteiger partial charge >= 0.3 is 5.97 Å². The van der Waals surface area contributed by atoms with Gasteiger partial charge in [-0.3, -0.25) is 9.59 Å². The first-order valence-electron chi connectivity index (χ1n) is 5.28. The number of carbonyl (C=O) groups excluding carboxylic acids is 1. The third kappa shape index (κ3) is 2.13. The summed E-state index contributed by atoms with van der Waals surface area (Å²) in [5, 5.41) is 8.84. The molecule has 1 atom stereocenters. The van der Waals surface area contributed by atoms with Crippen LogP contribution in [0, 0.1) is 18.7 Å². The van der Waals surface area contributed by atoms with Crippen LogP contribution >= 0.6 is 0 Å². The Morgan fingerprint density at radius 1 is 1.53 bits per heavy atom. The molecule has 0 saturated carbocycles. The normalized spacial score (nSPS) is 19.8. The van der Waals surface area contributed by atoms with Gasteiger partial charge in [0.2, 0.25) is 5.91 Å². The predicted octanol–water partition coefficient (Wildman–Crippen LogP) is 1.57. The highest BCUT2D eigenvalue weighted by molar-refractivity contribution is 5.99. The quantitative estimate of drug-likeness (QED) is 0.849. The Balaban J connectivity index is 2.29. The molecule has 90 valence electrons. The molecule has 2 rings (SSSR count). The first kappa shape index (κ1) is 11.6. The van der Waals surface area contributed by atoms with Gasteiger partial charge in [0.15, 0.2) is 0 Å². The second-order valence-corrected chi connectivity index (χ2v) is 4.20. The summed E-state index contributed by atoms with van der Waals surface area (Å²) in [5.41, 5.74) is 0.914. The lowest BCUT2D eigenvalue weighted by atomic mass is 10.1. The van der Waals surface area contributed by atoms with Crippen molar-refractivity contribution in [1.29, 1.82) is 0 Å². The molecule has 0 radical (unpaired) electrons. The van der Waals surface area contributed by atoms with Crippen molar-refractivity contribution >= 4 is 17.6 Å². The second-order valence-electron chi connectivity index (χ2n) is 4.20. The highest BCUT2D eigenvalue weighted by atomic mass is 19.1. The fraction of sp³-hybridized carbons (Fsp3) is 0.333. The van der Waals surface area contributed by atoms with Gasteiger partial charge in [0.25, 0.3) is 0 Å². The number of carboxylic acids is 1. The minimum Gasteiger partial charge on any atom is -0.481 e. The number of aliphatic carboxylic acids is 1. The molecule has 0 unspecified atom stereocenters. The zero-order valence-electron chi connectivity index (χ0n) is 9.31. The van der Waals surface area contributed by atoms with Crippen molar-refractivity contribution in [2.24, 2.45) is 5.92 Å². The van der Waals surface area contributed by atoms with Crippen molar-refractivity contribution in [3.63, 3.8) is 0 Å². The highest BCUT2D eigenvalue weighted by Crippen LogP contribution is 2.27. The molecule has 17 heavy (non-hydrogen) atoms. The first-order chi connectivity index (χ1) is 7.99. The number of anilines is 1. The summed E-state index contributed by atoms with van der Waals surface area (Å²) in [6, 6.07) is 4.53. The minimum absolute atomic E-state index is 0.0359. The van der Waals surface area contributed by atoms with E-state index in [0.717, 1.165) is 5.56 Å². The predicted molar refractivity (Wildman–Crippen MR) is 59.2 cm³/mol. The van der Waals surface area contributed by atoms with Crippen molar-refractivity contribution in [2.75, 3.05) is 11.4 Å². The Hall–Kier alpha value is -1.91. The SMILES string of the molecule is Cc1ccc(N2C[C@@H](C(=O)O)CC2=O)c(F)c1. The molecule has 0 aromatic heterocycles. The topological polar surface area (TPSA) is 57.6 Å². The van der Waals surface area contributed by atoms with Gasteiger partial charge in [-0.1, -0.05) is 6.07 Å². The average Bonchev–Trinajstić information content (AvgIpc) is 2.61. The van der Waals surface area contributed by atoms with E-state index in [4.69, 9.17) is 5.11 Å². The number of hydrogen-bond donors (Lipinski definition) is 1. The third-order valence-electron chi connectivity index (χ3n) is 2.87. The van der Waals surface area contributed by atoms with E-state index in [1.54, 1.807) is 13.0 Å².